The molecule has 0 radical (unpaired) electrons. The number of hydrogen-bond acceptors (Lipinski definition) is 2. The fourth-order valence-electron chi connectivity index (χ4n) is 2.45. The van der Waals surface area contributed by atoms with Gasteiger partial charge in [-0.05, 0) is 37.6 Å². The van der Waals surface area contributed by atoms with E-state index in [0.717, 1.165) is 25.2 Å². The summed E-state index contributed by atoms with van der Waals surface area (Å²) in [6.45, 7) is 5.80. The molecule has 0 bridgehead atoms. The van der Waals surface area contributed by atoms with Gasteiger partial charge in [0.2, 0.25) is 5.91 Å². The zero-order valence-electron chi connectivity index (χ0n) is 13.3. The van der Waals surface area contributed by atoms with Gasteiger partial charge in [-0.2, -0.15) is 0 Å². The average molecular weight is 296 g/mol. The number of anilines is 1. The summed E-state index contributed by atoms with van der Waals surface area (Å²) in [6.07, 6.45) is 1.02. The van der Waals surface area contributed by atoms with Crippen LogP contribution in [0.15, 0.2) is 60.7 Å². The van der Waals surface area contributed by atoms with Crippen molar-refractivity contribution in [1.29, 1.82) is 0 Å². The summed E-state index contributed by atoms with van der Waals surface area (Å²) in [7, 11) is 0. The minimum Gasteiger partial charge on any atom is -0.325 e. The lowest BCUT2D eigenvalue weighted by molar-refractivity contribution is -0.121. The number of carbonyl (C=O) groups is 1. The smallest absolute Gasteiger partial charge is 0.241 e. The van der Waals surface area contributed by atoms with E-state index in [0.29, 0.717) is 0 Å². The first-order valence-electron chi connectivity index (χ1n) is 7.84. The molecule has 0 aromatic heterocycles. The van der Waals surface area contributed by atoms with E-state index in [9.17, 15) is 4.79 Å². The van der Waals surface area contributed by atoms with Gasteiger partial charge in [0.25, 0.3) is 0 Å². The van der Waals surface area contributed by atoms with Gasteiger partial charge in [-0.15, -0.1) is 0 Å². The van der Waals surface area contributed by atoms with Crippen LogP contribution in [0, 0.1) is 0 Å². The first-order valence-corrected chi connectivity index (χ1v) is 7.84. The molecule has 0 saturated carbocycles. The van der Waals surface area contributed by atoms with E-state index in [2.05, 4.69) is 29.3 Å². The lowest BCUT2D eigenvalue weighted by Crippen LogP contribution is -2.42. The first-order chi connectivity index (χ1) is 10.7. The zero-order chi connectivity index (χ0) is 15.8. The van der Waals surface area contributed by atoms with Gasteiger partial charge in [0.15, 0.2) is 0 Å². The highest BCUT2D eigenvalue weighted by molar-refractivity contribution is 5.94. The third-order valence-electron chi connectivity index (χ3n) is 3.71. The molecule has 1 amide bonds. The number of hydrogen-bond donors (Lipinski definition) is 1. The van der Waals surface area contributed by atoms with Crippen molar-refractivity contribution in [2.45, 2.75) is 32.9 Å². The van der Waals surface area contributed by atoms with Crippen LogP contribution in [0.3, 0.4) is 0 Å². The van der Waals surface area contributed by atoms with Crippen molar-refractivity contribution in [3.05, 3.63) is 66.2 Å². The minimum absolute atomic E-state index is 0.0376. The molecule has 3 heteroatoms. The summed E-state index contributed by atoms with van der Waals surface area (Å²) in [5, 5.41) is 2.99. The number of nitrogens with zero attached hydrogens (tertiary/aromatic N) is 1. The molecule has 0 aliphatic rings. The normalized spacial score (nSPS) is 12.1. The Bertz CT molecular complexity index is 569. The maximum atomic E-state index is 12.5. The minimum atomic E-state index is -0.166. The highest BCUT2D eigenvalue weighted by atomic mass is 16.2. The fourth-order valence-corrected chi connectivity index (χ4v) is 2.45. The molecule has 22 heavy (non-hydrogen) atoms. The summed E-state index contributed by atoms with van der Waals surface area (Å²) in [4.78, 5) is 14.7. The summed E-state index contributed by atoms with van der Waals surface area (Å²) in [6, 6.07) is 19.7. The Morgan fingerprint density at radius 1 is 1.05 bits per heavy atom. The quantitative estimate of drug-likeness (QED) is 0.839. The maximum Gasteiger partial charge on any atom is 0.241 e. The number of benzene rings is 2. The van der Waals surface area contributed by atoms with Crippen molar-refractivity contribution < 1.29 is 4.79 Å². The van der Waals surface area contributed by atoms with Crippen molar-refractivity contribution in [3.8, 4) is 0 Å². The van der Waals surface area contributed by atoms with Gasteiger partial charge in [-0.1, -0.05) is 55.5 Å². The van der Waals surface area contributed by atoms with Crippen molar-refractivity contribution in [2.75, 3.05) is 11.9 Å². The van der Waals surface area contributed by atoms with E-state index in [1.165, 1.54) is 5.56 Å². The predicted octanol–water partition coefficient (Wildman–Crippen LogP) is 3.93. The predicted molar refractivity (Wildman–Crippen MR) is 91.7 cm³/mol. The number of para-hydroxylation sites is 1. The molecule has 1 N–H and O–H groups in total. The second-order valence-corrected chi connectivity index (χ2v) is 5.49. The number of carbonyl (C=O) groups excluding carboxylic acids is 1. The third-order valence-corrected chi connectivity index (χ3v) is 3.71. The fraction of sp³-hybridized carbons (Fsp3) is 0.316. The highest BCUT2D eigenvalue weighted by Gasteiger charge is 2.20. The van der Waals surface area contributed by atoms with E-state index in [-0.39, 0.29) is 11.9 Å². The van der Waals surface area contributed by atoms with E-state index in [4.69, 9.17) is 0 Å². The standard InChI is InChI=1S/C19H24N2O/c1-3-14-21(15-17-10-6-4-7-11-17)16(2)19(22)20-18-12-8-5-9-13-18/h4-13,16H,3,14-15H2,1-2H3,(H,20,22)/t16-/m0/s1. The van der Waals surface area contributed by atoms with Crippen molar-refractivity contribution in [2.24, 2.45) is 0 Å². The molecule has 0 spiro atoms. The van der Waals surface area contributed by atoms with Crippen LogP contribution >= 0.6 is 0 Å². The van der Waals surface area contributed by atoms with Gasteiger partial charge in [0, 0.05) is 12.2 Å². The van der Waals surface area contributed by atoms with Gasteiger partial charge >= 0.3 is 0 Å². The molecule has 2 aromatic rings. The Morgan fingerprint density at radius 3 is 2.23 bits per heavy atom. The van der Waals surface area contributed by atoms with Gasteiger partial charge in [-0.25, -0.2) is 0 Å². The third kappa shape index (κ3) is 4.71. The lowest BCUT2D eigenvalue weighted by atomic mass is 10.1. The van der Waals surface area contributed by atoms with Crippen LogP contribution < -0.4 is 5.32 Å². The topological polar surface area (TPSA) is 32.3 Å². The van der Waals surface area contributed by atoms with Gasteiger partial charge < -0.3 is 5.32 Å². The molecule has 0 aliphatic heterocycles. The molecule has 0 fully saturated rings. The Morgan fingerprint density at radius 2 is 1.64 bits per heavy atom. The number of nitrogens with one attached hydrogen (secondary N) is 1. The molecular weight excluding hydrogens is 272 g/mol. The van der Waals surface area contributed by atoms with E-state index in [1.54, 1.807) is 0 Å². The van der Waals surface area contributed by atoms with E-state index >= 15 is 0 Å². The van der Waals surface area contributed by atoms with Gasteiger partial charge in [0.1, 0.15) is 0 Å². The van der Waals surface area contributed by atoms with Crippen LogP contribution in [0.5, 0.6) is 0 Å². The van der Waals surface area contributed by atoms with Crippen molar-refractivity contribution in [1.82, 2.24) is 4.90 Å². The highest BCUT2D eigenvalue weighted by Crippen LogP contribution is 2.12. The van der Waals surface area contributed by atoms with Gasteiger partial charge in [-0.3, -0.25) is 9.69 Å². The molecule has 0 unspecified atom stereocenters. The SMILES string of the molecule is CCCN(Cc1ccccc1)[C@@H](C)C(=O)Nc1ccccc1. The summed E-state index contributed by atoms with van der Waals surface area (Å²) < 4.78 is 0. The molecule has 2 aromatic carbocycles. The first kappa shape index (κ1) is 16.2. The van der Waals surface area contributed by atoms with E-state index in [1.807, 2.05) is 55.5 Å². The Labute approximate surface area is 133 Å². The molecule has 0 heterocycles. The molecule has 3 nitrogen and oxygen atoms in total. The summed E-state index contributed by atoms with van der Waals surface area (Å²) in [5.41, 5.74) is 2.07. The summed E-state index contributed by atoms with van der Waals surface area (Å²) >= 11 is 0. The monoisotopic (exact) mass is 296 g/mol. The second-order valence-electron chi connectivity index (χ2n) is 5.49. The lowest BCUT2D eigenvalue weighted by Gasteiger charge is -2.28. The Balaban J connectivity index is 2.02. The molecule has 116 valence electrons. The van der Waals surface area contributed by atoms with Crippen LogP contribution in [0.4, 0.5) is 5.69 Å². The van der Waals surface area contributed by atoms with Crippen LogP contribution in [0.1, 0.15) is 25.8 Å². The Kier molecular flexibility index (Phi) is 6.16. The summed E-state index contributed by atoms with van der Waals surface area (Å²) in [5.74, 6) is 0.0376. The average Bonchev–Trinajstić information content (AvgIpc) is 2.55. The molecule has 0 aliphatic carbocycles. The largest absolute Gasteiger partial charge is 0.325 e. The maximum absolute atomic E-state index is 12.5. The zero-order valence-corrected chi connectivity index (χ0v) is 13.3. The van der Waals surface area contributed by atoms with Crippen LogP contribution in [0.25, 0.3) is 0 Å². The Hall–Kier alpha value is -2.13. The van der Waals surface area contributed by atoms with Crippen LogP contribution in [-0.2, 0) is 11.3 Å². The molecule has 0 saturated heterocycles. The van der Waals surface area contributed by atoms with E-state index < -0.39 is 0 Å². The molecule has 1 atom stereocenters. The second kappa shape index (κ2) is 8.35. The van der Waals surface area contributed by atoms with Crippen LogP contribution in [-0.4, -0.2) is 23.4 Å². The molecular formula is C19H24N2O. The number of rotatable bonds is 7. The molecule has 2 rings (SSSR count). The van der Waals surface area contributed by atoms with Gasteiger partial charge in [0.05, 0.1) is 6.04 Å². The van der Waals surface area contributed by atoms with Crippen molar-refractivity contribution >= 4 is 11.6 Å². The van der Waals surface area contributed by atoms with Crippen LogP contribution in [0.2, 0.25) is 0 Å². The number of amides is 1. The van der Waals surface area contributed by atoms with Crippen molar-refractivity contribution in [3.63, 3.8) is 0 Å².